The number of rotatable bonds is 8. The van der Waals surface area contributed by atoms with Crippen molar-refractivity contribution in [1.29, 1.82) is 0 Å². The molecule has 3 aromatic rings. The first-order chi connectivity index (χ1) is 16.3. The summed E-state index contributed by atoms with van der Waals surface area (Å²) in [7, 11) is -3.56. The average Bonchev–Trinajstić information content (AvgIpc) is 3.16. The van der Waals surface area contributed by atoms with Crippen LogP contribution < -0.4 is 10.1 Å². The molecule has 1 N–H and O–H groups in total. The van der Waals surface area contributed by atoms with Gasteiger partial charge >= 0.3 is 0 Å². The van der Waals surface area contributed by atoms with Gasteiger partial charge in [0.2, 0.25) is 15.9 Å². The summed E-state index contributed by atoms with van der Waals surface area (Å²) in [4.78, 5) is 12.6. The number of nitrogens with zero attached hydrogens (tertiary/aromatic N) is 2. The molecular weight excluding hydrogens is 458 g/mol. The minimum atomic E-state index is -3.56. The Hall–Kier alpha value is -3.21. The maximum absolute atomic E-state index is 12.7. The van der Waals surface area contributed by atoms with Gasteiger partial charge in [-0.1, -0.05) is 17.3 Å². The lowest BCUT2D eigenvalue weighted by molar-refractivity contribution is -0.115. The van der Waals surface area contributed by atoms with Crippen LogP contribution in [0.15, 0.2) is 57.9 Å². The molecule has 0 unspecified atom stereocenters. The smallest absolute Gasteiger partial charge is 0.243 e. The zero-order chi connectivity index (χ0) is 24.1. The first-order valence-electron chi connectivity index (χ1n) is 10.9. The van der Waals surface area contributed by atoms with Gasteiger partial charge in [0.15, 0.2) is 0 Å². The van der Waals surface area contributed by atoms with Crippen LogP contribution in [0.1, 0.15) is 22.6 Å². The Balaban J connectivity index is 1.30. The molecule has 1 aromatic heterocycles. The number of benzene rings is 2. The lowest BCUT2D eigenvalue weighted by Crippen LogP contribution is -2.40. The highest BCUT2D eigenvalue weighted by Gasteiger charge is 2.26. The Morgan fingerprint density at radius 1 is 1.06 bits per heavy atom. The minimum Gasteiger partial charge on any atom is -0.489 e. The largest absolute Gasteiger partial charge is 0.489 e. The molecule has 1 aliphatic heterocycles. The van der Waals surface area contributed by atoms with Crippen molar-refractivity contribution in [2.75, 3.05) is 31.6 Å². The van der Waals surface area contributed by atoms with Crippen LogP contribution in [0, 0.1) is 13.8 Å². The summed E-state index contributed by atoms with van der Waals surface area (Å²) >= 11 is 0. The molecule has 34 heavy (non-hydrogen) atoms. The SMILES string of the molecule is Cc1noc(C)c1COc1ccc(CC(=O)Nc2ccc(S(=O)(=O)N3CCOCC3)cc2)cc1. The van der Waals surface area contributed by atoms with E-state index in [9.17, 15) is 13.2 Å². The van der Waals surface area contributed by atoms with Gasteiger partial charge in [0.1, 0.15) is 18.1 Å². The van der Waals surface area contributed by atoms with Crippen LogP contribution in [0.3, 0.4) is 0 Å². The zero-order valence-electron chi connectivity index (χ0n) is 19.1. The van der Waals surface area contributed by atoms with Crippen LogP contribution in [0.5, 0.6) is 5.75 Å². The second-order valence-electron chi connectivity index (χ2n) is 8.00. The lowest BCUT2D eigenvalue weighted by Gasteiger charge is -2.26. The molecule has 0 bridgehead atoms. The van der Waals surface area contributed by atoms with Crippen molar-refractivity contribution < 1.29 is 27.2 Å². The van der Waals surface area contributed by atoms with Crippen molar-refractivity contribution in [1.82, 2.24) is 9.46 Å². The van der Waals surface area contributed by atoms with E-state index in [2.05, 4.69) is 10.5 Å². The number of carbonyl (C=O) groups excluding carboxylic acids is 1. The molecule has 0 radical (unpaired) electrons. The van der Waals surface area contributed by atoms with Gasteiger partial charge in [-0.3, -0.25) is 4.79 Å². The summed E-state index contributed by atoms with van der Waals surface area (Å²) in [6.45, 7) is 5.53. The molecule has 4 rings (SSSR count). The predicted octanol–water partition coefficient (Wildman–Crippen LogP) is 3.07. The summed E-state index contributed by atoms with van der Waals surface area (Å²) in [6.07, 6.45) is 0.179. The number of amides is 1. The van der Waals surface area contributed by atoms with Gasteiger partial charge in [-0.2, -0.15) is 4.31 Å². The van der Waals surface area contributed by atoms with E-state index >= 15 is 0 Å². The highest BCUT2D eigenvalue weighted by Crippen LogP contribution is 2.21. The summed E-state index contributed by atoms with van der Waals surface area (Å²) in [5.74, 6) is 1.21. The molecule has 0 spiro atoms. The fourth-order valence-electron chi connectivity index (χ4n) is 3.60. The third kappa shape index (κ3) is 5.64. The topological polar surface area (TPSA) is 111 Å². The zero-order valence-corrected chi connectivity index (χ0v) is 19.9. The van der Waals surface area contributed by atoms with E-state index in [-0.39, 0.29) is 17.2 Å². The van der Waals surface area contributed by atoms with Gasteiger partial charge in [0, 0.05) is 18.8 Å². The fraction of sp³-hybridized carbons (Fsp3) is 0.333. The monoisotopic (exact) mass is 485 g/mol. The third-order valence-electron chi connectivity index (χ3n) is 5.60. The van der Waals surface area contributed by atoms with Gasteiger partial charge < -0.3 is 19.3 Å². The maximum atomic E-state index is 12.7. The number of hydrogen-bond donors (Lipinski definition) is 1. The molecule has 2 heterocycles. The maximum Gasteiger partial charge on any atom is 0.243 e. The van der Waals surface area contributed by atoms with Crippen LogP contribution in [-0.2, 0) is 32.6 Å². The number of aryl methyl sites for hydroxylation is 2. The Kier molecular flexibility index (Phi) is 7.30. The van der Waals surface area contributed by atoms with E-state index in [0.29, 0.717) is 44.3 Å². The van der Waals surface area contributed by atoms with Gasteiger partial charge in [-0.05, 0) is 55.8 Å². The highest BCUT2D eigenvalue weighted by molar-refractivity contribution is 7.89. The van der Waals surface area contributed by atoms with Gasteiger partial charge in [0.05, 0.1) is 35.8 Å². The van der Waals surface area contributed by atoms with Gasteiger partial charge in [-0.25, -0.2) is 8.42 Å². The van der Waals surface area contributed by atoms with E-state index in [4.69, 9.17) is 14.0 Å². The molecule has 1 amide bonds. The second-order valence-corrected chi connectivity index (χ2v) is 9.94. The summed E-state index contributed by atoms with van der Waals surface area (Å²) < 4.78 is 43.0. The Labute approximate surface area is 198 Å². The number of ether oxygens (including phenoxy) is 2. The van der Waals surface area contributed by atoms with Crippen LogP contribution >= 0.6 is 0 Å². The van der Waals surface area contributed by atoms with Crippen molar-refractivity contribution in [3.8, 4) is 5.75 Å². The molecule has 1 aliphatic rings. The third-order valence-corrected chi connectivity index (χ3v) is 7.51. The number of aromatic nitrogens is 1. The van der Waals surface area contributed by atoms with Crippen molar-refractivity contribution in [2.24, 2.45) is 0 Å². The number of nitrogens with one attached hydrogen (secondary N) is 1. The van der Waals surface area contributed by atoms with Crippen LogP contribution in [0.2, 0.25) is 0 Å². The fourth-order valence-corrected chi connectivity index (χ4v) is 5.01. The summed E-state index contributed by atoms with van der Waals surface area (Å²) in [5.41, 5.74) is 3.09. The molecular formula is C24H27N3O6S. The van der Waals surface area contributed by atoms with Crippen LogP contribution in [0.25, 0.3) is 0 Å². The summed E-state index contributed by atoms with van der Waals surface area (Å²) in [5, 5.41) is 6.72. The molecule has 0 aliphatic carbocycles. The first kappa shape index (κ1) is 23.9. The van der Waals surface area contributed by atoms with E-state index in [1.807, 2.05) is 38.1 Å². The number of morpholine rings is 1. The molecule has 1 saturated heterocycles. The summed E-state index contributed by atoms with van der Waals surface area (Å²) in [6, 6.07) is 13.5. The number of carbonyl (C=O) groups is 1. The van der Waals surface area contributed by atoms with E-state index in [1.54, 1.807) is 12.1 Å². The van der Waals surface area contributed by atoms with Crippen LogP contribution in [-0.4, -0.2) is 50.1 Å². The number of anilines is 1. The van der Waals surface area contributed by atoms with Crippen molar-refractivity contribution in [2.45, 2.75) is 31.8 Å². The van der Waals surface area contributed by atoms with Crippen molar-refractivity contribution in [3.05, 3.63) is 71.1 Å². The predicted molar refractivity (Wildman–Crippen MR) is 125 cm³/mol. The molecule has 10 heteroatoms. The Morgan fingerprint density at radius 3 is 2.35 bits per heavy atom. The van der Waals surface area contributed by atoms with E-state index in [0.717, 1.165) is 22.6 Å². The number of hydrogen-bond acceptors (Lipinski definition) is 7. The van der Waals surface area contributed by atoms with E-state index < -0.39 is 10.0 Å². The van der Waals surface area contributed by atoms with Crippen LogP contribution in [0.4, 0.5) is 5.69 Å². The molecule has 9 nitrogen and oxygen atoms in total. The van der Waals surface area contributed by atoms with E-state index in [1.165, 1.54) is 16.4 Å². The molecule has 1 fully saturated rings. The Bertz CT molecular complexity index is 1210. The first-order valence-corrected chi connectivity index (χ1v) is 12.4. The van der Waals surface area contributed by atoms with Crippen molar-refractivity contribution >= 4 is 21.6 Å². The Morgan fingerprint density at radius 2 is 1.74 bits per heavy atom. The normalized spacial score (nSPS) is 14.6. The molecule has 0 saturated carbocycles. The highest BCUT2D eigenvalue weighted by atomic mass is 32.2. The van der Waals surface area contributed by atoms with Gasteiger partial charge in [0.25, 0.3) is 0 Å². The standard InChI is InChI=1S/C24H27N3O6S/c1-17-23(18(2)33-26-17)16-32-21-7-3-19(4-8-21)15-24(28)25-20-5-9-22(10-6-20)34(29,30)27-11-13-31-14-12-27/h3-10H,11-16H2,1-2H3,(H,25,28). The number of sulfonamides is 1. The molecule has 0 atom stereocenters. The van der Waals surface area contributed by atoms with Gasteiger partial charge in [-0.15, -0.1) is 0 Å². The molecule has 2 aromatic carbocycles. The minimum absolute atomic E-state index is 0.179. The average molecular weight is 486 g/mol. The molecule has 180 valence electrons. The lowest BCUT2D eigenvalue weighted by atomic mass is 10.1. The van der Waals surface area contributed by atoms with Crippen molar-refractivity contribution in [3.63, 3.8) is 0 Å². The second kappa shape index (κ2) is 10.4. The quantitative estimate of drug-likeness (QED) is 0.522.